The van der Waals surface area contributed by atoms with Crippen LogP contribution in [-0.4, -0.2) is 17.6 Å². The lowest BCUT2D eigenvalue weighted by molar-refractivity contribution is -0.144. The highest BCUT2D eigenvalue weighted by atomic mass is 79.9. The van der Waals surface area contributed by atoms with Gasteiger partial charge in [0.05, 0.1) is 18.6 Å². The summed E-state index contributed by atoms with van der Waals surface area (Å²) in [4.78, 5) is 14.3. The molecule has 1 aromatic heterocycles. The van der Waals surface area contributed by atoms with Gasteiger partial charge in [0.25, 0.3) is 6.43 Å². The summed E-state index contributed by atoms with van der Waals surface area (Å²) in [6.45, 7) is 1.45. The number of rotatable bonds is 4. The van der Waals surface area contributed by atoms with Crippen molar-refractivity contribution in [3.8, 4) is 0 Å². The molecule has 0 aliphatic heterocycles. The summed E-state index contributed by atoms with van der Waals surface area (Å²) in [6, 6.07) is 0. The maximum atomic E-state index is 12.8. The van der Waals surface area contributed by atoms with Crippen LogP contribution in [0.1, 0.15) is 30.2 Å². The van der Waals surface area contributed by atoms with E-state index >= 15 is 0 Å². The van der Waals surface area contributed by atoms with E-state index in [0.717, 1.165) is 0 Å². The lowest BCUT2D eigenvalue weighted by atomic mass is 10.1. The van der Waals surface area contributed by atoms with Gasteiger partial charge in [0, 0.05) is 16.2 Å². The molecule has 0 saturated heterocycles. The van der Waals surface area contributed by atoms with Crippen LogP contribution < -0.4 is 0 Å². The molecule has 0 saturated carbocycles. The number of aromatic nitrogens is 1. The average Bonchev–Trinajstić information content (AvgIpc) is 2.29. The van der Waals surface area contributed by atoms with E-state index in [1.54, 1.807) is 0 Å². The second-order valence-corrected chi connectivity index (χ2v) is 4.43. The summed E-state index contributed by atoms with van der Waals surface area (Å²) >= 11 is 2.68. The average molecular weight is 362 g/mol. The van der Waals surface area contributed by atoms with Gasteiger partial charge in [-0.05, 0) is 22.9 Å². The van der Waals surface area contributed by atoms with Gasteiger partial charge in [-0.3, -0.25) is 9.78 Å². The van der Waals surface area contributed by atoms with Crippen LogP contribution in [0, 0.1) is 0 Å². The van der Waals surface area contributed by atoms with Crippen molar-refractivity contribution in [3.63, 3.8) is 0 Å². The molecule has 0 aromatic carbocycles. The van der Waals surface area contributed by atoms with Gasteiger partial charge in [-0.15, -0.1) is 0 Å². The molecule has 0 spiro atoms. The standard InChI is InChI=1S/C11H9BrF5NO2/c1-2-20-7(19)3-5-8(12)6(10(13)14)4-18-9(5)11(15,16)17/h4,10H,2-3H2,1H3. The van der Waals surface area contributed by atoms with Gasteiger partial charge < -0.3 is 4.74 Å². The minimum Gasteiger partial charge on any atom is -0.466 e. The molecule has 3 nitrogen and oxygen atoms in total. The van der Waals surface area contributed by atoms with E-state index in [-0.39, 0.29) is 6.61 Å². The van der Waals surface area contributed by atoms with Crippen LogP contribution in [0.5, 0.6) is 0 Å². The van der Waals surface area contributed by atoms with Gasteiger partial charge in [0.15, 0.2) is 0 Å². The van der Waals surface area contributed by atoms with E-state index in [1.807, 2.05) is 0 Å². The van der Waals surface area contributed by atoms with Crippen LogP contribution >= 0.6 is 15.9 Å². The number of pyridine rings is 1. The highest BCUT2D eigenvalue weighted by Crippen LogP contribution is 2.37. The Morgan fingerprint density at radius 2 is 2.05 bits per heavy atom. The number of alkyl halides is 5. The highest BCUT2D eigenvalue weighted by molar-refractivity contribution is 9.10. The van der Waals surface area contributed by atoms with E-state index in [9.17, 15) is 26.7 Å². The quantitative estimate of drug-likeness (QED) is 0.602. The molecule has 0 bridgehead atoms. The minimum absolute atomic E-state index is 0.0280. The summed E-state index contributed by atoms with van der Waals surface area (Å²) in [7, 11) is 0. The summed E-state index contributed by atoms with van der Waals surface area (Å²) in [5.41, 5.74) is -2.76. The van der Waals surface area contributed by atoms with Gasteiger partial charge in [-0.1, -0.05) is 0 Å². The number of esters is 1. The number of hydrogen-bond acceptors (Lipinski definition) is 3. The Morgan fingerprint density at radius 3 is 2.50 bits per heavy atom. The van der Waals surface area contributed by atoms with Crippen LogP contribution in [0.4, 0.5) is 22.0 Å². The maximum Gasteiger partial charge on any atom is 0.433 e. The number of hydrogen-bond donors (Lipinski definition) is 0. The van der Waals surface area contributed by atoms with Crippen molar-refractivity contribution in [3.05, 3.63) is 27.5 Å². The second kappa shape index (κ2) is 6.47. The van der Waals surface area contributed by atoms with Gasteiger partial charge in [-0.2, -0.15) is 13.2 Å². The third-order valence-corrected chi connectivity index (χ3v) is 3.20. The molecule has 0 fully saturated rings. The van der Waals surface area contributed by atoms with Crippen LogP contribution in [-0.2, 0) is 22.1 Å². The number of halogens is 6. The zero-order valence-electron chi connectivity index (χ0n) is 10.1. The van der Waals surface area contributed by atoms with E-state index in [0.29, 0.717) is 6.20 Å². The number of nitrogens with zero attached hydrogens (tertiary/aromatic N) is 1. The van der Waals surface area contributed by atoms with E-state index in [2.05, 4.69) is 25.7 Å². The third kappa shape index (κ3) is 3.87. The lowest BCUT2D eigenvalue weighted by Gasteiger charge is -2.15. The molecular formula is C11H9BrF5NO2. The van der Waals surface area contributed by atoms with Crippen molar-refractivity contribution in [1.82, 2.24) is 4.98 Å². The molecule has 0 aliphatic rings. The fourth-order valence-electron chi connectivity index (χ4n) is 1.46. The first-order chi connectivity index (χ1) is 9.18. The summed E-state index contributed by atoms with van der Waals surface area (Å²) in [6.07, 6.45) is -8.23. The van der Waals surface area contributed by atoms with Crippen molar-refractivity contribution < 1.29 is 31.5 Å². The number of ether oxygens (including phenoxy) is 1. The van der Waals surface area contributed by atoms with E-state index in [1.165, 1.54) is 6.92 Å². The Kier molecular flexibility index (Phi) is 5.43. The predicted molar refractivity (Wildman–Crippen MR) is 62.2 cm³/mol. The Morgan fingerprint density at radius 1 is 1.45 bits per heavy atom. The Labute approximate surface area is 119 Å². The number of carbonyl (C=O) groups excluding carboxylic acids is 1. The van der Waals surface area contributed by atoms with Gasteiger partial charge >= 0.3 is 12.1 Å². The summed E-state index contributed by atoms with van der Waals surface area (Å²) in [5, 5.41) is 0. The van der Waals surface area contributed by atoms with Crippen LogP contribution in [0.25, 0.3) is 0 Å². The van der Waals surface area contributed by atoms with Crippen LogP contribution in [0.2, 0.25) is 0 Å². The van der Waals surface area contributed by atoms with Crippen LogP contribution in [0.15, 0.2) is 10.7 Å². The van der Waals surface area contributed by atoms with Crippen molar-refractivity contribution in [1.29, 1.82) is 0 Å². The SMILES string of the molecule is CCOC(=O)Cc1c(C(F)(F)F)ncc(C(F)F)c1Br. The lowest BCUT2D eigenvalue weighted by Crippen LogP contribution is -2.17. The molecule has 0 amide bonds. The molecule has 0 atom stereocenters. The summed E-state index contributed by atoms with van der Waals surface area (Å²) in [5.74, 6) is -0.952. The fourth-order valence-corrected chi connectivity index (χ4v) is 2.06. The first kappa shape index (κ1) is 16.8. The zero-order chi connectivity index (χ0) is 15.5. The molecule has 1 aromatic rings. The van der Waals surface area contributed by atoms with Gasteiger partial charge in [0.1, 0.15) is 5.69 Å². The smallest absolute Gasteiger partial charge is 0.433 e. The normalized spacial score (nSPS) is 11.8. The molecule has 112 valence electrons. The molecule has 0 radical (unpaired) electrons. The topological polar surface area (TPSA) is 39.2 Å². The molecule has 9 heteroatoms. The first-order valence-corrected chi connectivity index (χ1v) is 6.16. The van der Waals surface area contributed by atoms with Crippen molar-refractivity contribution in [2.45, 2.75) is 25.9 Å². The number of carbonyl (C=O) groups is 1. The minimum atomic E-state index is -4.86. The molecule has 1 rings (SSSR count). The largest absolute Gasteiger partial charge is 0.466 e. The monoisotopic (exact) mass is 361 g/mol. The molecule has 0 unspecified atom stereocenters. The third-order valence-electron chi connectivity index (χ3n) is 2.27. The van der Waals surface area contributed by atoms with Crippen molar-refractivity contribution in [2.75, 3.05) is 6.61 Å². The molecule has 1 heterocycles. The van der Waals surface area contributed by atoms with E-state index in [4.69, 9.17) is 0 Å². The Balaban J connectivity index is 3.34. The molecular weight excluding hydrogens is 353 g/mol. The zero-order valence-corrected chi connectivity index (χ0v) is 11.7. The first-order valence-electron chi connectivity index (χ1n) is 5.36. The molecule has 20 heavy (non-hydrogen) atoms. The van der Waals surface area contributed by atoms with Gasteiger partial charge in [-0.25, -0.2) is 8.78 Å². The summed E-state index contributed by atoms with van der Waals surface area (Å²) < 4.78 is 67.7. The van der Waals surface area contributed by atoms with Gasteiger partial charge in [0.2, 0.25) is 0 Å². The van der Waals surface area contributed by atoms with Crippen LogP contribution in [0.3, 0.4) is 0 Å². The highest BCUT2D eigenvalue weighted by Gasteiger charge is 2.38. The van der Waals surface area contributed by atoms with Crippen molar-refractivity contribution in [2.24, 2.45) is 0 Å². The molecule has 0 aliphatic carbocycles. The maximum absolute atomic E-state index is 12.8. The predicted octanol–water partition coefficient (Wildman–Crippen LogP) is 3.91. The Bertz CT molecular complexity index is 504. The second-order valence-electron chi connectivity index (χ2n) is 3.63. The van der Waals surface area contributed by atoms with E-state index < -0.39 is 46.3 Å². The Hall–Kier alpha value is -1.25. The fraction of sp³-hybridized carbons (Fsp3) is 0.455. The molecule has 0 N–H and O–H groups in total. The van der Waals surface area contributed by atoms with Crippen molar-refractivity contribution >= 4 is 21.9 Å².